The van der Waals surface area contributed by atoms with Gasteiger partial charge in [-0.2, -0.15) is 0 Å². The number of benzene rings is 2. The van der Waals surface area contributed by atoms with Gasteiger partial charge in [0.2, 0.25) is 0 Å². The Morgan fingerprint density at radius 3 is 1.50 bits per heavy atom. The molecular formula is C29H45FePSi. The fourth-order valence-electron chi connectivity index (χ4n) is 5.37. The monoisotopic (exact) mass is 508 g/mol. The van der Waals surface area contributed by atoms with Crippen LogP contribution in [0.2, 0.25) is 25.2 Å². The first-order valence-electron chi connectivity index (χ1n) is 11.5. The molecule has 3 atom stereocenters. The zero-order valence-corrected chi connectivity index (χ0v) is 24.0. The Kier molecular flexibility index (Phi) is 15.0. The van der Waals surface area contributed by atoms with Gasteiger partial charge in [-0.3, -0.25) is 0 Å². The van der Waals surface area contributed by atoms with Crippen LogP contribution in [0.5, 0.6) is 0 Å². The van der Waals surface area contributed by atoms with Crippen LogP contribution < -0.4 is 10.6 Å². The second-order valence-corrected chi connectivity index (χ2v) is 17.6. The maximum absolute atomic E-state index is 4.18. The summed E-state index contributed by atoms with van der Waals surface area (Å²) in [6.45, 7) is 11.8. The molecule has 2 aliphatic rings. The van der Waals surface area contributed by atoms with E-state index < -0.39 is 8.07 Å². The summed E-state index contributed by atoms with van der Waals surface area (Å²) in [6, 6.07) is 22.5. The minimum Gasteiger partial charge on any atom is -0.358 e. The zero-order chi connectivity index (χ0) is 20.7. The first-order chi connectivity index (χ1) is 14.0. The third-order valence-electron chi connectivity index (χ3n) is 6.62. The minimum atomic E-state index is -1.25. The van der Waals surface area contributed by atoms with Gasteiger partial charge in [0.1, 0.15) is 0 Å². The molecule has 4 rings (SSSR count). The largest absolute Gasteiger partial charge is 2.00 e. The van der Waals surface area contributed by atoms with Crippen molar-refractivity contribution in [2.24, 2.45) is 5.92 Å². The maximum atomic E-state index is 4.18. The average molecular weight is 509 g/mol. The minimum absolute atomic E-state index is 0. The van der Waals surface area contributed by atoms with Gasteiger partial charge >= 0.3 is 17.1 Å². The van der Waals surface area contributed by atoms with Crippen LogP contribution in [0.1, 0.15) is 44.9 Å². The Morgan fingerprint density at radius 1 is 0.750 bits per heavy atom. The molecule has 0 aliphatic heterocycles. The predicted octanol–water partition coefficient (Wildman–Crippen LogP) is 8.64. The van der Waals surface area contributed by atoms with Gasteiger partial charge in [-0.1, -0.05) is 118 Å². The van der Waals surface area contributed by atoms with Crippen LogP contribution in [0.15, 0.2) is 73.3 Å². The van der Waals surface area contributed by atoms with Crippen molar-refractivity contribution in [3.63, 3.8) is 0 Å². The third-order valence-corrected chi connectivity index (χ3v) is 12.7. The quantitative estimate of drug-likeness (QED) is 0.164. The van der Waals surface area contributed by atoms with Crippen LogP contribution >= 0.6 is 7.92 Å². The van der Waals surface area contributed by atoms with Crippen molar-refractivity contribution < 1.29 is 17.1 Å². The van der Waals surface area contributed by atoms with Gasteiger partial charge in [0.15, 0.2) is 0 Å². The summed E-state index contributed by atoms with van der Waals surface area (Å²) < 4.78 is 0. The fraction of sp³-hybridized carbons (Fsp3) is 0.448. The van der Waals surface area contributed by atoms with E-state index in [0.29, 0.717) is 5.92 Å². The summed E-state index contributed by atoms with van der Waals surface area (Å²) in [5, 5.41) is 3.08. The van der Waals surface area contributed by atoms with Crippen LogP contribution in [0.3, 0.4) is 0 Å². The van der Waals surface area contributed by atoms with Crippen LogP contribution in [0.25, 0.3) is 0 Å². The van der Waals surface area contributed by atoms with E-state index in [0.717, 1.165) is 11.2 Å². The molecule has 2 aromatic rings. The summed E-state index contributed by atoms with van der Waals surface area (Å²) in [5.41, 5.74) is 1.63. The topological polar surface area (TPSA) is 0 Å². The van der Waals surface area contributed by atoms with Crippen molar-refractivity contribution >= 4 is 26.6 Å². The van der Waals surface area contributed by atoms with Crippen molar-refractivity contribution in [1.29, 1.82) is 0 Å². The Bertz CT molecular complexity index is 690. The van der Waals surface area contributed by atoms with Crippen molar-refractivity contribution in [2.75, 3.05) is 0 Å². The van der Waals surface area contributed by atoms with Crippen LogP contribution in [-0.2, 0) is 17.1 Å². The molecule has 0 spiro atoms. The normalized spacial score (nSPS) is 21.9. The molecule has 3 unspecified atom stereocenters. The SMILES string of the molecule is C1CCCC1.C=CC1CCC(P(c2ccccc2)c2ccccc2)C1[Si](C)(C)C.[CH3-].[CH3-].[Fe+2]. The molecule has 0 nitrogen and oxygen atoms in total. The van der Waals surface area contributed by atoms with E-state index in [9.17, 15) is 0 Å². The maximum Gasteiger partial charge on any atom is 2.00 e. The van der Waals surface area contributed by atoms with E-state index in [2.05, 4.69) is 93.0 Å². The molecule has 3 heteroatoms. The van der Waals surface area contributed by atoms with Gasteiger partial charge in [-0.15, -0.1) is 6.58 Å². The van der Waals surface area contributed by atoms with Crippen molar-refractivity contribution in [1.82, 2.24) is 0 Å². The molecule has 0 N–H and O–H groups in total. The molecule has 2 aliphatic carbocycles. The molecule has 2 aromatic carbocycles. The van der Waals surface area contributed by atoms with Crippen LogP contribution in [-0.4, -0.2) is 13.7 Å². The molecular weight excluding hydrogens is 463 g/mol. The number of allylic oxidation sites excluding steroid dienone is 1. The standard InChI is InChI=1S/C22H29PSi.C5H10.2CH3.Fe/c1-5-18-16-17-21(22(18)24(2,3)4)23(19-12-8-6-9-13-19)20-14-10-7-11-15-20;1-2-4-5-3-1;;;/h5-15,18,21-22H,1,16-17H2,2-4H3;1-5H2;2*1H3;/q;;2*-1;+2. The van der Waals surface area contributed by atoms with E-state index >= 15 is 0 Å². The van der Waals surface area contributed by atoms with Crippen molar-refractivity contribution in [3.05, 3.63) is 88.2 Å². The Morgan fingerprint density at radius 2 is 1.16 bits per heavy atom. The Balaban J connectivity index is 0.00000106. The molecule has 2 fully saturated rings. The summed E-state index contributed by atoms with van der Waals surface area (Å²) in [5.74, 6) is 0.707. The van der Waals surface area contributed by atoms with E-state index in [-0.39, 0.29) is 39.8 Å². The van der Waals surface area contributed by atoms with Gasteiger partial charge in [0, 0.05) is 8.07 Å². The van der Waals surface area contributed by atoms with Gasteiger partial charge < -0.3 is 14.9 Å². The predicted molar refractivity (Wildman–Crippen MR) is 149 cm³/mol. The van der Waals surface area contributed by atoms with Crippen LogP contribution in [0.4, 0.5) is 0 Å². The molecule has 0 heterocycles. The number of rotatable bonds is 5. The van der Waals surface area contributed by atoms with Gasteiger partial charge in [-0.05, 0) is 48.5 Å². The smallest absolute Gasteiger partial charge is 0.358 e. The molecule has 2 saturated carbocycles. The Labute approximate surface area is 212 Å². The molecule has 0 bridgehead atoms. The molecule has 0 radical (unpaired) electrons. The first-order valence-corrected chi connectivity index (χ1v) is 16.5. The van der Waals surface area contributed by atoms with Gasteiger partial charge in [0.05, 0.1) is 0 Å². The average Bonchev–Trinajstić information content (AvgIpc) is 3.43. The number of hydrogen-bond donors (Lipinski definition) is 0. The summed E-state index contributed by atoms with van der Waals surface area (Å²) >= 11 is 0. The van der Waals surface area contributed by atoms with E-state index in [1.807, 2.05) is 0 Å². The molecule has 0 saturated heterocycles. The van der Waals surface area contributed by atoms with Crippen molar-refractivity contribution in [2.45, 2.75) is 75.8 Å². The van der Waals surface area contributed by atoms with Gasteiger partial charge in [0.25, 0.3) is 0 Å². The molecule has 178 valence electrons. The zero-order valence-electron chi connectivity index (χ0n) is 21.0. The van der Waals surface area contributed by atoms with Gasteiger partial charge in [-0.25, -0.2) is 0 Å². The van der Waals surface area contributed by atoms with E-state index in [1.54, 1.807) is 0 Å². The summed E-state index contributed by atoms with van der Waals surface area (Å²) in [6.07, 6.45) is 12.4. The fourth-order valence-corrected chi connectivity index (χ4v) is 13.1. The molecule has 0 aromatic heterocycles. The molecule has 32 heavy (non-hydrogen) atoms. The van der Waals surface area contributed by atoms with E-state index in [4.69, 9.17) is 0 Å². The summed E-state index contributed by atoms with van der Waals surface area (Å²) in [7, 11) is -1.56. The number of hydrogen-bond acceptors (Lipinski definition) is 0. The van der Waals surface area contributed by atoms with Crippen LogP contribution in [0, 0.1) is 20.8 Å². The third kappa shape index (κ3) is 8.29. The summed E-state index contributed by atoms with van der Waals surface area (Å²) in [4.78, 5) is 0. The molecule has 0 amide bonds. The first kappa shape index (κ1) is 31.3. The van der Waals surface area contributed by atoms with Crippen molar-refractivity contribution in [3.8, 4) is 0 Å². The second kappa shape index (κ2) is 15.3. The Hall–Kier alpha value is -0.654. The second-order valence-electron chi connectivity index (χ2n) is 9.74. The van der Waals surface area contributed by atoms with E-state index in [1.165, 1.54) is 55.6 Å².